The fourth-order valence-electron chi connectivity index (χ4n) is 2.10. The minimum atomic E-state index is -3.30. The van der Waals surface area contributed by atoms with Gasteiger partial charge in [0, 0.05) is 6.54 Å². The fraction of sp³-hybridized carbons (Fsp3) is 0.833. The molecule has 1 heterocycles. The number of aliphatic carboxylic acids is 1. The van der Waals surface area contributed by atoms with Gasteiger partial charge >= 0.3 is 5.97 Å². The number of nitrogens with zero attached hydrogens (tertiary/aromatic N) is 1. The van der Waals surface area contributed by atoms with Crippen molar-refractivity contribution in [3.8, 4) is 0 Å². The number of hydrogen-bond donors (Lipinski definition) is 2. The van der Waals surface area contributed by atoms with E-state index in [1.54, 1.807) is 0 Å². The van der Waals surface area contributed by atoms with E-state index < -0.39 is 39.2 Å². The number of rotatable bonds is 3. The lowest BCUT2D eigenvalue weighted by molar-refractivity contribution is -0.141. The number of sulfone groups is 1. The summed E-state index contributed by atoms with van der Waals surface area (Å²) in [5.74, 6) is -1.99. The smallest absolute Gasteiger partial charge is 0.305 e. The molecule has 0 radical (unpaired) electrons. The standard InChI is InChI=1S/C12H22N2O5S/c1-12(2,3)10(13)11(17)14-4-5-20(18,19)7-8(14)6-9(15)16/h8,10H,4-7,13H2,1-3H3,(H,15,16)/t8?,10-/m1/s1. The summed E-state index contributed by atoms with van der Waals surface area (Å²) in [4.78, 5) is 24.5. The van der Waals surface area contributed by atoms with Crippen molar-refractivity contribution in [1.29, 1.82) is 0 Å². The molecular weight excluding hydrogens is 284 g/mol. The lowest BCUT2D eigenvalue weighted by atomic mass is 9.86. The Bertz CT molecular complexity index is 494. The van der Waals surface area contributed by atoms with Crippen molar-refractivity contribution in [2.45, 2.75) is 39.3 Å². The normalized spacial score (nSPS) is 24.2. The van der Waals surface area contributed by atoms with Gasteiger partial charge in [-0.05, 0) is 5.41 Å². The first-order valence-electron chi connectivity index (χ1n) is 6.42. The monoisotopic (exact) mass is 306 g/mol. The molecule has 8 heteroatoms. The predicted octanol–water partition coefficient (Wildman–Crippen LogP) is -0.540. The molecule has 1 rings (SSSR count). The second-order valence-corrected chi connectivity index (χ2v) is 8.47. The largest absolute Gasteiger partial charge is 0.481 e. The summed E-state index contributed by atoms with van der Waals surface area (Å²) in [6.45, 7) is 5.43. The molecule has 0 saturated carbocycles. The fourth-order valence-corrected chi connectivity index (χ4v) is 3.62. The van der Waals surface area contributed by atoms with Crippen LogP contribution in [0.1, 0.15) is 27.2 Å². The van der Waals surface area contributed by atoms with Crippen LogP contribution in [0.4, 0.5) is 0 Å². The summed E-state index contributed by atoms with van der Waals surface area (Å²) in [5.41, 5.74) is 5.43. The number of nitrogens with two attached hydrogens (primary N) is 1. The molecule has 1 saturated heterocycles. The molecule has 0 aliphatic carbocycles. The first-order chi connectivity index (χ1) is 8.94. The Labute approximate surface area is 119 Å². The average Bonchev–Trinajstić information content (AvgIpc) is 2.24. The van der Waals surface area contributed by atoms with Gasteiger partial charge < -0.3 is 15.7 Å². The highest BCUT2D eigenvalue weighted by Crippen LogP contribution is 2.23. The van der Waals surface area contributed by atoms with Gasteiger partial charge in [-0.3, -0.25) is 9.59 Å². The van der Waals surface area contributed by atoms with Crippen molar-refractivity contribution in [2.75, 3.05) is 18.1 Å². The van der Waals surface area contributed by atoms with Crippen LogP contribution in [0.15, 0.2) is 0 Å². The molecule has 1 aliphatic rings. The van der Waals surface area contributed by atoms with E-state index in [-0.39, 0.29) is 24.5 Å². The SMILES string of the molecule is CC(C)(C)[C@H](N)C(=O)N1CCS(=O)(=O)CC1CC(=O)O. The molecule has 20 heavy (non-hydrogen) atoms. The maximum Gasteiger partial charge on any atom is 0.305 e. The van der Waals surface area contributed by atoms with Crippen LogP contribution >= 0.6 is 0 Å². The summed E-state index contributed by atoms with van der Waals surface area (Å²) in [6, 6.07) is -1.63. The van der Waals surface area contributed by atoms with Crippen LogP contribution in [0, 0.1) is 5.41 Å². The van der Waals surface area contributed by atoms with Crippen molar-refractivity contribution in [3.63, 3.8) is 0 Å². The molecule has 2 atom stereocenters. The Balaban J connectivity index is 2.96. The minimum Gasteiger partial charge on any atom is -0.481 e. The zero-order chi connectivity index (χ0) is 15.7. The van der Waals surface area contributed by atoms with Crippen molar-refractivity contribution >= 4 is 21.7 Å². The second-order valence-electron chi connectivity index (χ2n) is 6.24. The zero-order valence-corrected chi connectivity index (χ0v) is 12.8. The molecular formula is C12H22N2O5S. The van der Waals surface area contributed by atoms with E-state index >= 15 is 0 Å². The van der Waals surface area contributed by atoms with E-state index in [2.05, 4.69) is 0 Å². The summed E-state index contributed by atoms with van der Waals surface area (Å²) in [7, 11) is -3.30. The van der Waals surface area contributed by atoms with Crippen LogP contribution in [0.2, 0.25) is 0 Å². The average molecular weight is 306 g/mol. The van der Waals surface area contributed by atoms with Crippen molar-refractivity contribution in [1.82, 2.24) is 4.90 Å². The maximum absolute atomic E-state index is 12.4. The molecule has 1 unspecified atom stereocenters. The predicted molar refractivity (Wildman–Crippen MR) is 73.8 cm³/mol. The molecule has 116 valence electrons. The number of carbonyl (C=O) groups is 2. The van der Waals surface area contributed by atoms with Crippen LogP contribution in [-0.2, 0) is 19.4 Å². The highest BCUT2D eigenvalue weighted by Gasteiger charge is 2.39. The van der Waals surface area contributed by atoms with Gasteiger partial charge in [-0.1, -0.05) is 20.8 Å². The van der Waals surface area contributed by atoms with Crippen molar-refractivity contribution in [3.05, 3.63) is 0 Å². The maximum atomic E-state index is 12.4. The molecule has 1 fully saturated rings. The van der Waals surface area contributed by atoms with E-state index in [1.165, 1.54) is 4.90 Å². The third kappa shape index (κ3) is 4.17. The van der Waals surface area contributed by atoms with Crippen LogP contribution in [-0.4, -0.2) is 60.4 Å². The molecule has 3 N–H and O–H groups in total. The van der Waals surface area contributed by atoms with Gasteiger partial charge in [0.2, 0.25) is 5.91 Å². The van der Waals surface area contributed by atoms with E-state index in [0.29, 0.717) is 0 Å². The van der Waals surface area contributed by atoms with Crippen molar-refractivity contribution in [2.24, 2.45) is 11.1 Å². The van der Waals surface area contributed by atoms with Gasteiger partial charge in [0.05, 0.1) is 30.0 Å². The molecule has 0 bridgehead atoms. The molecule has 0 aromatic rings. The van der Waals surface area contributed by atoms with E-state index in [0.717, 1.165) is 0 Å². The molecule has 0 aromatic heterocycles. The van der Waals surface area contributed by atoms with Crippen LogP contribution in [0.5, 0.6) is 0 Å². The van der Waals surface area contributed by atoms with Gasteiger partial charge in [0.15, 0.2) is 9.84 Å². The number of hydrogen-bond acceptors (Lipinski definition) is 5. The molecule has 1 aliphatic heterocycles. The van der Waals surface area contributed by atoms with Gasteiger partial charge in [0.25, 0.3) is 0 Å². The molecule has 0 aromatic carbocycles. The first-order valence-corrected chi connectivity index (χ1v) is 8.24. The minimum absolute atomic E-state index is 0.00287. The Kier molecular flexibility index (Phi) is 4.81. The van der Waals surface area contributed by atoms with Crippen molar-refractivity contribution < 1.29 is 23.1 Å². The quantitative estimate of drug-likeness (QED) is 0.723. The van der Waals surface area contributed by atoms with Gasteiger partial charge in [-0.25, -0.2) is 8.42 Å². The third-order valence-corrected chi connectivity index (χ3v) is 5.12. The zero-order valence-electron chi connectivity index (χ0n) is 12.0. The Morgan fingerprint density at radius 1 is 1.40 bits per heavy atom. The number of amides is 1. The topological polar surface area (TPSA) is 118 Å². The summed E-state index contributed by atoms with van der Waals surface area (Å²) < 4.78 is 23.2. The Hall–Kier alpha value is -1.15. The van der Waals surface area contributed by atoms with Crippen LogP contribution < -0.4 is 5.73 Å². The van der Waals surface area contributed by atoms with E-state index in [1.807, 2.05) is 20.8 Å². The molecule has 7 nitrogen and oxygen atoms in total. The van der Waals surface area contributed by atoms with Crippen LogP contribution in [0.25, 0.3) is 0 Å². The Morgan fingerprint density at radius 2 is 1.95 bits per heavy atom. The van der Waals surface area contributed by atoms with Gasteiger partial charge in [0.1, 0.15) is 0 Å². The summed E-state index contributed by atoms with van der Waals surface area (Å²) in [6.07, 6.45) is -0.387. The van der Waals surface area contributed by atoms with Gasteiger partial charge in [-0.15, -0.1) is 0 Å². The number of carboxylic acids is 1. The molecule has 0 spiro atoms. The van der Waals surface area contributed by atoms with E-state index in [4.69, 9.17) is 10.8 Å². The first kappa shape index (κ1) is 16.9. The van der Waals surface area contributed by atoms with Gasteiger partial charge in [-0.2, -0.15) is 0 Å². The van der Waals surface area contributed by atoms with Crippen LogP contribution in [0.3, 0.4) is 0 Å². The lowest BCUT2D eigenvalue weighted by Crippen LogP contribution is -2.58. The summed E-state index contributed by atoms with van der Waals surface area (Å²) >= 11 is 0. The number of carboxylic acid groups (broad SMARTS) is 1. The Morgan fingerprint density at radius 3 is 2.40 bits per heavy atom. The number of carbonyl (C=O) groups excluding carboxylic acids is 1. The lowest BCUT2D eigenvalue weighted by Gasteiger charge is -2.38. The van der Waals surface area contributed by atoms with E-state index in [9.17, 15) is 18.0 Å². The molecule has 1 amide bonds. The highest BCUT2D eigenvalue weighted by molar-refractivity contribution is 7.91. The third-order valence-electron chi connectivity index (χ3n) is 3.42. The summed E-state index contributed by atoms with van der Waals surface area (Å²) in [5, 5.41) is 8.87. The highest BCUT2D eigenvalue weighted by atomic mass is 32.2. The second kappa shape index (κ2) is 5.69.